The van der Waals surface area contributed by atoms with Crippen molar-refractivity contribution in [2.75, 3.05) is 52.3 Å². The largest absolute Gasteiger partial charge is 0.494 e. The average Bonchev–Trinajstić information content (AvgIpc) is 3.41. The molecule has 4 aliphatic heterocycles. The van der Waals surface area contributed by atoms with E-state index in [4.69, 9.17) is 9.47 Å². The van der Waals surface area contributed by atoms with E-state index >= 15 is 0 Å². The number of pyridine rings is 1. The van der Waals surface area contributed by atoms with Gasteiger partial charge >= 0.3 is 6.03 Å². The number of piperazine rings is 1. The van der Waals surface area contributed by atoms with E-state index < -0.39 is 23.8 Å². The summed E-state index contributed by atoms with van der Waals surface area (Å²) in [5, 5.41) is 4.65. The molecule has 206 valence electrons. The van der Waals surface area contributed by atoms with E-state index in [2.05, 4.69) is 20.5 Å². The zero-order valence-corrected chi connectivity index (χ0v) is 21.7. The molecule has 13 heteroatoms. The van der Waals surface area contributed by atoms with Crippen LogP contribution in [0.4, 0.5) is 19.4 Å². The molecule has 4 amide bonds. The van der Waals surface area contributed by atoms with Crippen molar-refractivity contribution in [3.8, 4) is 5.75 Å². The number of rotatable bonds is 3. The second-order valence-corrected chi connectivity index (χ2v) is 9.64. The third kappa shape index (κ3) is 5.09. The molecule has 0 saturated carbocycles. The zero-order chi connectivity index (χ0) is 27.8. The summed E-state index contributed by atoms with van der Waals surface area (Å²) in [5.74, 6) is -0.955. The van der Waals surface area contributed by atoms with Gasteiger partial charge in [-0.25, -0.2) is 18.6 Å². The van der Waals surface area contributed by atoms with Crippen LogP contribution < -0.4 is 20.3 Å². The second-order valence-electron chi connectivity index (χ2n) is 9.64. The first kappa shape index (κ1) is 26.4. The van der Waals surface area contributed by atoms with E-state index in [9.17, 15) is 23.2 Å². The van der Waals surface area contributed by atoms with Crippen LogP contribution in [0, 0.1) is 11.6 Å². The molecule has 39 heavy (non-hydrogen) atoms. The Morgan fingerprint density at radius 1 is 1.08 bits per heavy atom. The van der Waals surface area contributed by atoms with E-state index in [-0.39, 0.29) is 29.6 Å². The molecule has 6 rings (SSSR count). The lowest BCUT2D eigenvalue weighted by Crippen LogP contribution is -2.45. The summed E-state index contributed by atoms with van der Waals surface area (Å²) in [6, 6.07) is 3.26. The van der Waals surface area contributed by atoms with Crippen LogP contribution in [-0.4, -0.2) is 86.1 Å². The highest BCUT2D eigenvalue weighted by Gasteiger charge is 2.36. The van der Waals surface area contributed by atoms with E-state index in [1.54, 1.807) is 25.3 Å². The maximum absolute atomic E-state index is 14.5. The van der Waals surface area contributed by atoms with Crippen LogP contribution in [0.2, 0.25) is 0 Å². The van der Waals surface area contributed by atoms with Gasteiger partial charge in [0.1, 0.15) is 12.4 Å². The number of benzene rings is 1. The number of urea groups is 1. The molecule has 1 aromatic carbocycles. The third-order valence-electron chi connectivity index (χ3n) is 6.99. The van der Waals surface area contributed by atoms with E-state index in [0.29, 0.717) is 42.5 Å². The molecule has 0 radical (unpaired) electrons. The molecule has 11 nitrogen and oxygen atoms in total. The lowest BCUT2D eigenvalue weighted by Gasteiger charge is -2.33. The van der Waals surface area contributed by atoms with E-state index in [1.165, 1.54) is 18.1 Å². The van der Waals surface area contributed by atoms with Crippen LogP contribution in [0.3, 0.4) is 0 Å². The minimum atomic E-state index is -0.875. The zero-order valence-electron chi connectivity index (χ0n) is 21.7. The number of nitrogens with one attached hydrogen (secondary N) is 2. The van der Waals surface area contributed by atoms with Crippen molar-refractivity contribution >= 4 is 29.7 Å². The molecule has 2 N–H and O–H groups in total. The number of carbonyl (C=O) groups is 3. The Kier molecular flexibility index (Phi) is 7.08. The second kappa shape index (κ2) is 10.5. The number of anilines is 1. The van der Waals surface area contributed by atoms with Crippen molar-refractivity contribution in [3.05, 3.63) is 58.0 Å². The van der Waals surface area contributed by atoms with Crippen molar-refractivity contribution in [1.82, 2.24) is 25.4 Å². The lowest BCUT2D eigenvalue weighted by atomic mass is 10.1. The van der Waals surface area contributed by atoms with Crippen molar-refractivity contribution < 1.29 is 32.6 Å². The molecule has 0 bridgehead atoms. The van der Waals surface area contributed by atoms with Crippen molar-refractivity contribution in [2.24, 2.45) is 0 Å². The molecule has 0 aliphatic carbocycles. The summed E-state index contributed by atoms with van der Waals surface area (Å²) in [5.41, 5.74) is 2.04. The fourth-order valence-electron chi connectivity index (χ4n) is 4.77. The Bertz CT molecular complexity index is 1380. The van der Waals surface area contributed by atoms with Gasteiger partial charge in [0.25, 0.3) is 11.8 Å². The number of hydrogen-bond donors (Lipinski definition) is 2. The number of ether oxygens (including phenoxy) is 2. The molecule has 2 aromatic rings. The predicted octanol–water partition coefficient (Wildman–Crippen LogP) is 1.47. The summed E-state index contributed by atoms with van der Waals surface area (Å²) in [6.07, 6.45) is 1.59. The summed E-state index contributed by atoms with van der Waals surface area (Å²) in [7, 11) is 5.06. The number of halogens is 2. The highest BCUT2D eigenvalue weighted by atomic mass is 19.1. The molecular weight excluding hydrogens is 514 g/mol. The molecule has 0 spiro atoms. The van der Waals surface area contributed by atoms with Crippen LogP contribution >= 0.6 is 0 Å². The van der Waals surface area contributed by atoms with Crippen molar-refractivity contribution in [3.63, 3.8) is 0 Å². The predicted molar refractivity (Wildman–Crippen MR) is 136 cm³/mol. The van der Waals surface area contributed by atoms with Crippen LogP contribution in [-0.2, 0) is 22.7 Å². The highest BCUT2D eigenvalue weighted by molar-refractivity contribution is 6.06. The monoisotopic (exact) mass is 542 g/mol. The number of carbonyl (C=O) groups excluding carboxylic acids is 3. The van der Waals surface area contributed by atoms with Crippen LogP contribution in [0.25, 0.3) is 6.08 Å². The third-order valence-corrected chi connectivity index (χ3v) is 6.99. The summed E-state index contributed by atoms with van der Waals surface area (Å²) < 4.78 is 38.4. The highest BCUT2D eigenvalue weighted by Crippen LogP contribution is 2.30. The molecule has 1 unspecified atom stereocenters. The van der Waals surface area contributed by atoms with Gasteiger partial charge in [-0.3, -0.25) is 14.9 Å². The smallest absolute Gasteiger partial charge is 0.322 e. The molecule has 2 saturated heterocycles. The number of methoxy groups -OCH3 is 1. The van der Waals surface area contributed by atoms with Gasteiger partial charge in [-0.2, -0.15) is 0 Å². The average molecular weight is 543 g/mol. The quantitative estimate of drug-likeness (QED) is 0.561. The lowest BCUT2D eigenvalue weighted by molar-refractivity contribution is -0.120. The number of likely N-dealkylation sites (N-methyl/N-ethyl adjacent to an activating group) is 1. The van der Waals surface area contributed by atoms with E-state index in [0.717, 1.165) is 18.7 Å². The van der Waals surface area contributed by atoms with Crippen LogP contribution in [0.1, 0.15) is 27.2 Å². The van der Waals surface area contributed by atoms with Crippen LogP contribution in [0.5, 0.6) is 5.75 Å². The van der Waals surface area contributed by atoms with Gasteiger partial charge in [0.2, 0.25) is 0 Å². The topological polar surface area (TPSA) is 116 Å². The van der Waals surface area contributed by atoms with Crippen molar-refractivity contribution in [1.29, 1.82) is 0 Å². The fourth-order valence-corrected chi connectivity index (χ4v) is 4.77. The number of aromatic nitrogens is 1. The Hall–Kier alpha value is -4.26. The number of amides is 4. The first-order valence-electron chi connectivity index (χ1n) is 12.4. The summed E-state index contributed by atoms with van der Waals surface area (Å²) >= 11 is 0. The Morgan fingerprint density at radius 2 is 1.82 bits per heavy atom. The van der Waals surface area contributed by atoms with Gasteiger partial charge in [-0.1, -0.05) is 6.07 Å². The van der Waals surface area contributed by atoms with Gasteiger partial charge < -0.3 is 29.5 Å². The minimum absolute atomic E-state index is 0.105. The molecule has 2 fully saturated rings. The maximum Gasteiger partial charge on any atom is 0.322 e. The molecular formula is C26H28F2N6O5. The Labute approximate surface area is 223 Å². The molecule has 5 heterocycles. The molecule has 1 atom stereocenters. The number of imide groups is 1. The number of nitrogens with zero attached hydrogens (tertiary/aromatic N) is 4. The van der Waals surface area contributed by atoms with Gasteiger partial charge in [0.05, 0.1) is 18.4 Å². The first-order chi connectivity index (χ1) is 18.7. The molecule has 4 aliphatic rings. The van der Waals surface area contributed by atoms with Crippen LogP contribution in [0.15, 0.2) is 24.0 Å². The van der Waals surface area contributed by atoms with Gasteiger partial charge in [-0.05, 0) is 24.7 Å². The van der Waals surface area contributed by atoms with E-state index in [1.807, 2.05) is 11.9 Å². The first-order valence-corrected chi connectivity index (χ1v) is 12.4. The Balaban J connectivity index is 0.000000186. The maximum atomic E-state index is 14.5. The fraction of sp³-hybridized carbons (Fsp3) is 0.385. The number of fused-ring (bicyclic) bond motifs is 2. The summed E-state index contributed by atoms with van der Waals surface area (Å²) in [4.78, 5) is 44.6. The normalized spacial score (nSPS) is 20.3. The van der Waals surface area contributed by atoms with Gasteiger partial charge in [0.15, 0.2) is 29.2 Å². The minimum Gasteiger partial charge on any atom is -0.494 e. The van der Waals surface area contributed by atoms with Gasteiger partial charge in [-0.15, -0.1) is 0 Å². The molecule has 1 aromatic heterocycles. The summed E-state index contributed by atoms with van der Waals surface area (Å²) in [6.45, 7) is 3.66. The Morgan fingerprint density at radius 3 is 2.49 bits per heavy atom. The number of hydrogen-bond acceptors (Lipinski definition) is 8. The standard InChI is InChI=1S/C16H18FN5O3.C10H10FNO2/c1-21-2-4-22(5-3-21)14-10(17)6-9-8-25-12(7-11(9)18-14)13-15(23)20-16(24)19-13;1-12-5-6-3-4-7(14-2)9(11)8(6)10(12)13/h6-7,13H,2-5,8H2,1H3,(H2,19,20,23,24);3-4H,5H2,1-2H3. The SMILES string of the molecule is CN1CCN(c2nc3c(cc2F)COC(C2NC(=O)NC2=O)=C3)CC1.COc1ccc2c(c1F)C(=O)N(C)C2. The van der Waals surface area contributed by atoms with Crippen molar-refractivity contribution in [2.45, 2.75) is 19.2 Å². The van der Waals surface area contributed by atoms with Gasteiger partial charge in [0, 0.05) is 51.4 Å².